The maximum absolute atomic E-state index is 11.9. The molecule has 724 valence electrons. The maximum atomic E-state index is 11.9. The molecule has 0 aliphatic heterocycles. The van der Waals surface area contributed by atoms with Crippen LogP contribution < -0.4 is 64.5 Å². The Morgan fingerprint density at radius 1 is 0.268 bits per heavy atom. The number of halogens is 8. The molecule has 0 bridgehead atoms. The van der Waals surface area contributed by atoms with Gasteiger partial charge < -0.3 is 117 Å². The number of rotatable bonds is 28. The molecule has 12 rings (SSSR count). The number of fused-ring (bicyclic) bond motifs is 4. The standard InChI is InChI=1S/C15H13IO4.C14H11IO4.2C13H9IO4.C12H13IO4.C11H11IO4.2C10H9IO4/c1-15(2,16)14(19)20-12-8-7-11(13(17)18)9-5-3-4-6-10(9)12;1-8(15)14(18)19-12-7-6-11(13(16)17)9-4-2-3-5-10(9)12;14-7-12(15)18-11-6-2-3-8-9(11)4-1-5-10(8)13(16)17;14-7-12(15)18-11-6-5-10(13(16)17)8-3-1-2-4-9(8)11;1-12(2,13)11(16)17-7-8-3-5-9(6-4-8)10(14)15;1-7(12)11(15)16-6-8-2-4-9(5-3-8)10(13)14;11-5-9(12)15-6-7-1-3-8(4-2-7)10(13)14;11-6-5-9(12)15-8-4-2-1-3-7(8)10(13)14/h3-8H,1-2H3,(H,17,18);2-8H,1H3,(H,16,17);2*1-6H,7H2,(H,16,17);3-6H,7H2,1-2H3,(H,14,15);2-5,7H,6H2,1H3,(H,13,14);2*1-4H,5-6H2,(H,13,14)/p-8. The normalized spacial score (nSPS) is 10.8. The van der Waals surface area contributed by atoms with Gasteiger partial charge in [0.2, 0.25) is 0 Å². The molecule has 0 N–H and O–H groups in total. The predicted octanol–water partition coefficient (Wildman–Crippen LogP) is 10.9. The van der Waals surface area contributed by atoms with Gasteiger partial charge >= 0.3 is 47.8 Å². The van der Waals surface area contributed by atoms with E-state index in [1.54, 1.807) is 193 Å². The number of esters is 8. The number of ether oxygens (including phenoxy) is 8. The molecule has 2 unspecified atom stereocenters. The van der Waals surface area contributed by atoms with E-state index in [2.05, 4.69) is 0 Å². The zero-order chi connectivity index (χ0) is 103. The molecule has 138 heavy (non-hydrogen) atoms. The van der Waals surface area contributed by atoms with Gasteiger partial charge in [-0.25, -0.2) is 0 Å². The van der Waals surface area contributed by atoms with Gasteiger partial charge in [-0.2, -0.15) is 0 Å². The summed E-state index contributed by atoms with van der Waals surface area (Å²) in [6.07, 6.45) is 0.252. The summed E-state index contributed by atoms with van der Waals surface area (Å²) >= 11 is 15.7. The molecule has 0 radical (unpaired) electrons. The minimum Gasteiger partial charge on any atom is -0.545 e. The van der Waals surface area contributed by atoms with E-state index in [4.69, 9.17) is 37.9 Å². The molecule has 2 atom stereocenters. The van der Waals surface area contributed by atoms with Gasteiger partial charge in [0.1, 0.15) is 63.3 Å². The summed E-state index contributed by atoms with van der Waals surface area (Å²) in [4.78, 5) is 177. The van der Waals surface area contributed by atoms with Crippen molar-refractivity contribution in [3.8, 4) is 28.7 Å². The number of aromatic carboxylic acids is 8. The third-order valence-corrected chi connectivity index (χ3v) is 21.9. The lowest BCUT2D eigenvalue weighted by Crippen LogP contribution is -2.29. The SMILES string of the molecule is CC(C)(I)C(=O)OCc1ccc(C(=O)[O-])cc1.CC(C)(I)C(=O)Oc1ccc(C(=O)[O-])c2ccccc12.CC(I)C(=O)OCc1ccc(C(=O)[O-])cc1.CC(I)C(=O)Oc1ccc(C(=O)[O-])c2ccccc12.O=C(CCI)Oc1ccccc1C(=O)[O-].O=C(CI)OCc1ccc(C(=O)[O-])cc1.O=C(CI)Oc1ccc(C(=O)[O-])c2ccccc12.O=C(CI)Oc1cccc2c(C(=O)[O-])cccc12. The Balaban J connectivity index is 0.000000279. The molecule has 32 nitrogen and oxygen atoms in total. The minimum atomic E-state index is -1.35. The quantitative estimate of drug-likeness (QED) is 0.0144. The van der Waals surface area contributed by atoms with Crippen LogP contribution in [-0.4, -0.2) is 128 Å². The highest BCUT2D eigenvalue weighted by atomic mass is 127. The van der Waals surface area contributed by atoms with Gasteiger partial charge in [0.25, 0.3) is 0 Å². The van der Waals surface area contributed by atoms with Crippen LogP contribution in [-0.2, 0) is 72.4 Å². The average Bonchev–Trinajstić information content (AvgIpc) is 0.786. The number of carbonyl (C=O) groups excluding carboxylic acids is 16. The molecule has 0 saturated heterocycles. The molecular weight excluding hydrogens is 2700 g/mol. The highest BCUT2D eigenvalue weighted by Gasteiger charge is 2.28. The Hall–Kier alpha value is -11.0. The average molecular weight is 2780 g/mol. The molecular formula is C98H76I8O32-8. The molecule has 0 aliphatic carbocycles. The summed E-state index contributed by atoms with van der Waals surface area (Å²) in [6.45, 7) is 10.9. The second-order valence-corrected chi connectivity index (χ2v) is 41.1. The summed E-state index contributed by atoms with van der Waals surface area (Å²) in [6, 6.07) is 62.8. The van der Waals surface area contributed by atoms with Crippen LogP contribution in [0.1, 0.15) is 148 Å². The molecule has 0 saturated carbocycles. The predicted molar refractivity (Wildman–Crippen MR) is 557 cm³/mol. The summed E-state index contributed by atoms with van der Waals surface area (Å²) in [5.41, 5.74) is 2.77. The van der Waals surface area contributed by atoms with Gasteiger partial charge in [-0.05, 0) is 151 Å². The Morgan fingerprint density at radius 2 is 0.543 bits per heavy atom. The molecule has 0 fully saturated rings. The van der Waals surface area contributed by atoms with Crippen LogP contribution in [0.15, 0.2) is 243 Å². The zero-order valence-corrected chi connectivity index (χ0v) is 90.3. The van der Waals surface area contributed by atoms with Crippen molar-refractivity contribution >= 4 is 319 Å². The van der Waals surface area contributed by atoms with Crippen LogP contribution in [0.3, 0.4) is 0 Å². The van der Waals surface area contributed by atoms with E-state index in [0.29, 0.717) is 74.9 Å². The Labute approximate surface area is 897 Å². The van der Waals surface area contributed by atoms with Crippen LogP contribution in [0.2, 0.25) is 0 Å². The molecule has 0 heterocycles. The lowest BCUT2D eigenvalue weighted by atomic mass is 10.0. The molecule has 0 amide bonds. The lowest BCUT2D eigenvalue weighted by Gasteiger charge is -2.17. The van der Waals surface area contributed by atoms with E-state index in [1.807, 2.05) is 181 Å². The first-order valence-electron chi connectivity index (χ1n) is 39.8. The van der Waals surface area contributed by atoms with E-state index in [9.17, 15) is 118 Å². The number of carboxylic acids is 8. The highest BCUT2D eigenvalue weighted by Crippen LogP contribution is 2.34. The third-order valence-electron chi connectivity index (χ3n) is 17.6. The monoisotopic (exact) mass is 2780 g/mol. The number of alkyl halides is 8. The topological polar surface area (TPSA) is 531 Å². The molecule has 0 aromatic heterocycles. The Bertz CT molecular complexity index is 6330. The highest BCUT2D eigenvalue weighted by molar-refractivity contribution is 14.1. The zero-order valence-electron chi connectivity index (χ0n) is 73.0. The largest absolute Gasteiger partial charge is 0.545 e. The second kappa shape index (κ2) is 58.8. The fraction of sp³-hybridized carbons (Fsp3) is 0.184. The van der Waals surface area contributed by atoms with Crippen molar-refractivity contribution in [2.45, 2.75) is 82.5 Å². The summed E-state index contributed by atoms with van der Waals surface area (Å²) in [7, 11) is 0. The van der Waals surface area contributed by atoms with E-state index in [-0.39, 0.29) is 135 Å². The van der Waals surface area contributed by atoms with Crippen molar-refractivity contribution < 1.29 is 155 Å². The van der Waals surface area contributed by atoms with Gasteiger partial charge in [-0.15, -0.1) is 0 Å². The van der Waals surface area contributed by atoms with Crippen LogP contribution in [0.5, 0.6) is 28.7 Å². The molecule has 0 aliphatic rings. The lowest BCUT2D eigenvalue weighted by molar-refractivity contribution is -0.256. The van der Waals surface area contributed by atoms with Crippen LogP contribution in [0.25, 0.3) is 43.1 Å². The van der Waals surface area contributed by atoms with Crippen LogP contribution >= 0.6 is 181 Å². The molecule has 0 spiro atoms. The van der Waals surface area contributed by atoms with Gasteiger partial charge in [0.05, 0.1) is 67.5 Å². The summed E-state index contributed by atoms with van der Waals surface area (Å²) in [5.74, 6) is -11.4. The van der Waals surface area contributed by atoms with Crippen molar-refractivity contribution in [3.05, 3.63) is 304 Å². The first kappa shape index (κ1) is 118. The van der Waals surface area contributed by atoms with E-state index in [0.717, 1.165) is 16.7 Å². The van der Waals surface area contributed by atoms with Crippen molar-refractivity contribution in [2.75, 3.05) is 17.7 Å². The third kappa shape index (κ3) is 39.0. The van der Waals surface area contributed by atoms with Crippen LogP contribution in [0.4, 0.5) is 0 Å². The molecule has 12 aromatic rings. The fourth-order valence-corrected chi connectivity index (χ4v) is 12.4. The molecule has 12 aromatic carbocycles. The first-order chi connectivity index (χ1) is 65.2. The van der Waals surface area contributed by atoms with E-state index >= 15 is 0 Å². The number of benzene rings is 12. The van der Waals surface area contributed by atoms with Gasteiger partial charge in [-0.3, -0.25) is 38.4 Å². The van der Waals surface area contributed by atoms with Gasteiger partial charge in [0, 0.05) is 53.8 Å². The number of hydrogen-bond acceptors (Lipinski definition) is 32. The van der Waals surface area contributed by atoms with E-state index < -0.39 is 60.6 Å². The number of hydrogen-bond donors (Lipinski definition) is 0. The Kier molecular flexibility index (Phi) is 50.1. The van der Waals surface area contributed by atoms with Crippen molar-refractivity contribution in [1.82, 2.24) is 0 Å². The van der Waals surface area contributed by atoms with Gasteiger partial charge in [-0.1, -0.05) is 369 Å². The second-order valence-electron chi connectivity index (χ2n) is 28.6. The van der Waals surface area contributed by atoms with Gasteiger partial charge in [0.15, 0.2) is 0 Å². The van der Waals surface area contributed by atoms with Crippen LogP contribution in [0, 0.1) is 0 Å². The number of carboxylic acid groups (broad SMARTS) is 8. The van der Waals surface area contributed by atoms with Crippen molar-refractivity contribution in [2.24, 2.45) is 0 Å². The van der Waals surface area contributed by atoms with Crippen molar-refractivity contribution in [3.63, 3.8) is 0 Å². The van der Waals surface area contributed by atoms with Crippen molar-refractivity contribution in [1.29, 1.82) is 0 Å². The Morgan fingerprint density at radius 3 is 0.884 bits per heavy atom. The number of para-hydroxylation sites is 1. The molecule has 40 heteroatoms. The summed E-state index contributed by atoms with van der Waals surface area (Å²) < 4.78 is 40.4. The maximum Gasteiger partial charge on any atom is 0.326 e. The summed E-state index contributed by atoms with van der Waals surface area (Å²) in [5, 5.41) is 90.5. The van der Waals surface area contributed by atoms with E-state index in [1.165, 1.54) is 91.0 Å². The smallest absolute Gasteiger partial charge is 0.326 e. The number of carbonyl (C=O) groups is 16. The minimum absolute atomic E-state index is 0.0346. The fourth-order valence-electron chi connectivity index (χ4n) is 10.9. The first-order valence-corrected chi connectivity index (χ1v) is 50.5.